The molecule has 1 aromatic carbocycles. The molecule has 0 amide bonds. The first kappa shape index (κ1) is 12.4. The lowest BCUT2D eigenvalue weighted by atomic mass is 9.84. The van der Waals surface area contributed by atoms with Crippen LogP contribution in [0.15, 0.2) is 42.5 Å². The first-order chi connectivity index (χ1) is 8.57. The summed E-state index contributed by atoms with van der Waals surface area (Å²) in [4.78, 5) is 11.7. The molecule has 0 spiro atoms. The van der Waals surface area contributed by atoms with Crippen LogP contribution in [0.2, 0.25) is 0 Å². The second-order valence-corrected chi connectivity index (χ2v) is 4.28. The highest BCUT2D eigenvalue weighted by atomic mass is 16.5. The Labute approximate surface area is 105 Å². The topological polar surface area (TPSA) is 72.5 Å². The zero-order chi connectivity index (χ0) is 13.2. The van der Waals surface area contributed by atoms with Crippen molar-refractivity contribution in [3.05, 3.63) is 48.1 Å². The maximum absolute atomic E-state index is 11.7. The number of aromatic hydroxyl groups is 1. The normalized spacial score (nSPS) is 22.4. The molecule has 4 heteroatoms. The first-order valence-corrected chi connectivity index (χ1v) is 5.61. The van der Waals surface area contributed by atoms with E-state index in [2.05, 4.69) is 0 Å². The molecule has 0 saturated carbocycles. The van der Waals surface area contributed by atoms with E-state index in [1.165, 1.54) is 7.11 Å². The van der Waals surface area contributed by atoms with E-state index < -0.39 is 11.5 Å². The molecule has 1 unspecified atom stereocenters. The fourth-order valence-electron chi connectivity index (χ4n) is 2.03. The van der Waals surface area contributed by atoms with Gasteiger partial charge in [-0.2, -0.15) is 0 Å². The molecule has 0 aromatic heterocycles. The van der Waals surface area contributed by atoms with Crippen molar-refractivity contribution in [2.45, 2.75) is 12.0 Å². The molecule has 0 saturated heterocycles. The molecule has 18 heavy (non-hydrogen) atoms. The molecule has 4 nitrogen and oxygen atoms in total. The van der Waals surface area contributed by atoms with Crippen LogP contribution >= 0.6 is 0 Å². The summed E-state index contributed by atoms with van der Waals surface area (Å²) < 4.78 is 4.70. The summed E-state index contributed by atoms with van der Waals surface area (Å²) in [7, 11) is 1.31. The highest BCUT2D eigenvalue weighted by Crippen LogP contribution is 2.33. The largest absolute Gasteiger partial charge is 0.507 e. The first-order valence-electron chi connectivity index (χ1n) is 5.61. The summed E-state index contributed by atoms with van der Waals surface area (Å²) in [5, 5.41) is 9.81. The third-order valence-corrected chi connectivity index (χ3v) is 2.99. The Morgan fingerprint density at radius 2 is 2.17 bits per heavy atom. The number of phenols is 1. The van der Waals surface area contributed by atoms with Crippen LogP contribution < -0.4 is 5.73 Å². The van der Waals surface area contributed by atoms with E-state index in [9.17, 15) is 9.90 Å². The molecule has 94 valence electrons. The fraction of sp³-hybridized carbons (Fsp3) is 0.214. The highest BCUT2D eigenvalue weighted by molar-refractivity contribution is 5.88. The van der Waals surface area contributed by atoms with E-state index in [-0.39, 0.29) is 5.75 Å². The molecule has 1 aromatic rings. The van der Waals surface area contributed by atoms with Gasteiger partial charge in [-0.05, 0) is 11.6 Å². The number of hydrogen-bond donors (Lipinski definition) is 2. The number of nitrogens with two attached hydrogens (primary N) is 1. The molecule has 0 bridgehead atoms. The van der Waals surface area contributed by atoms with Crippen LogP contribution in [0.1, 0.15) is 12.0 Å². The molecule has 1 aliphatic rings. The van der Waals surface area contributed by atoms with Crippen molar-refractivity contribution in [1.82, 2.24) is 0 Å². The van der Waals surface area contributed by atoms with E-state index in [1.54, 1.807) is 30.4 Å². The van der Waals surface area contributed by atoms with Gasteiger partial charge >= 0.3 is 5.97 Å². The number of esters is 1. The van der Waals surface area contributed by atoms with Gasteiger partial charge in [-0.1, -0.05) is 36.4 Å². The van der Waals surface area contributed by atoms with Crippen LogP contribution in [-0.2, 0) is 9.53 Å². The summed E-state index contributed by atoms with van der Waals surface area (Å²) in [5.41, 5.74) is 6.33. The predicted molar refractivity (Wildman–Crippen MR) is 68.8 cm³/mol. The quantitative estimate of drug-likeness (QED) is 0.776. The van der Waals surface area contributed by atoms with Crippen LogP contribution in [0.3, 0.4) is 0 Å². The number of benzene rings is 1. The summed E-state index contributed by atoms with van der Waals surface area (Å²) in [5.74, 6) is -0.314. The van der Waals surface area contributed by atoms with Gasteiger partial charge in [0.2, 0.25) is 0 Å². The standard InChI is InChI=1S/C14H15NO3/c1-18-13(17)14(15)8-4-5-10(9-14)11-6-2-3-7-12(11)16/h2-8,16H,9,15H2,1H3. The average Bonchev–Trinajstić information content (AvgIpc) is 2.38. The van der Waals surface area contributed by atoms with Crippen molar-refractivity contribution in [2.75, 3.05) is 7.11 Å². The lowest BCUT2D eigenvalue weighted by Gasteiger charge is -2.27. The highest BCUT2D eigenvalue weighted by Gasteiger charge is 2.35. The van der Waals surface area contributed by atoms with Crippen LogP contribution in [0.4, 0.5) is 0 Å². The van der Waals surface area contributed by atoms with Gasteiger partial charge in [0.15, 0.2) is 0 Å². The predicted octanol–water partition coefficient (Wildman–Crippen LogP) is 1.61. The Morgan fingerprint density at radius 3 is 2.83 bits per heavy atom. The minimum atomic E-state index is -1.17. The van der Waals surface area contributed by atoms with E-state index in [4.69, 9.17) is 10.5 Å². The molecule has 3 N–H and O–H groups in total. The van der Waals surface area contributed by atoms with Crippen LogP contribution in [-0.4, -0.2) is 23.7 Å². The van der Waals surface area contributed by atoms with Crippen molar-refractivity contribution < 1.29 is 14.6 Å². The van der Waals surface area contributed by atoms with Crippen molar-refractivity contribution >= 4 is 11.5 Å². The van der Waals surface area contributed by atoms with Gasteiger partial charge in [0.1, 0.15) is 11.3 Å². The minimum Gasteiger partial charge on any atom is -0.507 e. The number of allylic oxidation sites excluding steroid dienone is 2. The summed E-state index contributed by atoms with van der Waals surface area (Å²) in [6.07, 6.45) is 5.46. The third kappa shape index (κ3) is 2.15. The Kier molecular flexibility index (Phi) is 3.21. The number of phenolic OH excluding ortho intramolecular Hbond substituents is 1. The second kappa shape index (κ2) is 4.66. The number of hydrogen-bond acceptors (Lipinski definition) is 4. The lowest BCUT2D eigenvalue weighted by molar-refractivity contribution is -0.144. The van der Waals surface area contributed by atoms with Gasteiger partial charge in [-0.3, -0.25) is 0 Å². The molecule has 0 aliphatic heterocycles. The molecule has 0 heterocycles. The van der Waals surface area contributed by atoms with Gasteiger partial charge in [0.05, 0.1) is 7.11 Å². The van der Waals surface area contributed by atoms with Crippen LogP contribution in [0, 0.1) is 0 Å². The van der Waals surface area contributed by atoms with Crippen molar-refractivity contribution in [3.8, 4) is 5.75 Å². The minimum absolute atomic E-state index is 0.172. The monoisotopic (exact) mass is 245 g/mol. The van der Waals surface area contributed by atoms with Gasteiger partial charge in [0, 0.05) is 12.0 Å². The van der Waals surface area contributed by atoms with Gasteiger partial charge in [0.25, 0.3) is 0 Å². The Balaban J connectivity index is 2.34. The SMILES string of the molecule is COC(=O)C1(N)C=CC=C(c2ccccc2O)C1. The molecule has 0 fully saturated rings. The summed E-state index contributed by atoms with van der Waals surface area (Å²) in [6.45, 7) is 0. The number of methoxy groups -OCH3 is 1. The van der Waals surface area contributed by atoms with E-state index in [0.717, 1.165) is 5.57 Å². The zero-order valence-corrected chi connectivity index (χ0v) is 10.1. The van der Waals surface area contributed by atoms with Crippen molar-refractivity contribution in [1.29, 1.82) is 0 Å². The molecule has 0 radical (unpaired) electrons. The van der Waals surface area contributed by atoms with Crippen LogP contribution in [0.25, 0.3) is 5.57 Å². The van der Waals surface area contributed by atoms with E-state index in [1.807, 2.05) is 12.1 Å². The molecule has 1 aliphatic carbocycles. The number of carbonyl (C=O) groups is 1. The van der Waals surface area contributed by atoms with E-state index >= 15 is 0 Å². The lowest BCUT2D eigenvalue weighted by Crippen LogP contribution is -2.47. The number of para-hydroxylation sites is 1. The average molecular weight is 245 g/mol. The maximum Gasteiger partial charge on any atom is 0.330 e. The Hall–Kier alpha value is -2.07. The number of ether oxygens (including phenoxy) is 1. The summed E-state index contributed by atoms with van der Waals surface area (Å²) in [6, 6.07) is 6.96. The number of rotatable bonds is 2. The third-order valence-electron chi connectivity index (χ3n) is 2.99. The molecule has 1 atom stereocenters. The van der Waals surface area contributed by atoms with Gasteiger partial charge in [-0.15, -0.1) is 0 Å². The Bertz CT molecular complexity index is 534. The van der Waals surface area contributed by atoms with Gasteiger partial charge in [-0.25, -0.2) is 4.79 Å². The zero-order valence-electron chi connectivity index (χ0n) is 10.1. The molecular weight excluding hydrogens is 230 g/mol. The second-order valence-electron chi connectivity index (χ2n) is 4.28. The Morgan fingerprint density at radius 1 is 1.44 bits per heavy atom. The van der Waals surface area contributed by atoms with Crippen LogP contribution in [0.5, 0.6) is 5.75 Å². The summed E-state index contributed by atoms with van der Waals surface area (Å²) >= 11 is 0. The molecular formula is C14H15NO3. The van der Waals surface area contributed by atoms with Gasteiger partial charge < -0.3 is 15.6 Å². The maximum atomic E-state index is 11.7. The molecule has 2 rings (SSSR count). The fourth-order valence-corrected chi connectivity index (χ4v) is 2.03. The smallest absolute Gasteiger partial charge is 0.330 e. The van der Waals surface area contributed by atoms with E-state index in [0.29, 0.717) is 12.0 Å². The number of carbonyl (C=O) groups excluding carboxylic acids is 1. The van der Waals surface area contributed by atoms with Crippen molar-refractivity contribution in [3.63, 3.8) is 0 Å². The van der Waals surface area contributed by atoms with Crippen molar-refractivity contribution in [2.24, 2.45) is 5.73 Å².